The van der Waals surface area contributed by atoms with Crippen LogP contribution >= 0.6 is 0 Å². The zero-order chi connectivity index (χ0) is 19.6. The lowest BCUT2D eigenvalue weighted by atomic mass is 10.2. The van der Waals surface area contributed by atoms with E-state index in [0.29, 0.717) is 5.56 Å². The van der Waals surface area contributed by atoms with Crippen molar-refractivity contribution in [2.45, 2.75) is 6.54 Å². The Morgan fingerprint density at radius 2 is 2.07 bits per heavy atom. The number of benzene rings is 1. The molecule has 0 fully saturated rings. The van der Waals surface area contributed by atoms with Crippen molar-refractivity contribution in [1.29, 1.82) is 0 Å². The van der Waals surface area contributed by atoms with Crippen LogP contribution in [-0.4, -0.2) is 42.0 Å². The number of aromatic nitrogens is 4. The monoisotopic (exact) mass is 373 g/mol. The number of fused-ring (bicyclic) bond motifs is 1. The van der Waals surface area contributed by atoms with Crippen LogP contribution < -0.4 is 16.7 Å². The first-order valence-electron chi connectivity index (χ1n) is 7.76. The van der Waals surface area contributed by atoms with Gasteiger partial charge < -0.3 is 9.67 Å². The number of hydrazone groups is 1. The molecule has 0 spiro atoms. The van der Waals surface area contributed by atoms with E-state index < -0.39 is 16.2 Å². The smallest absolute Gasteiger partial charge is 0.329 e. The van der Waals surface area contributed by atoms with Gasteiger partial charge in [-0.2, -0.15) is 10.1 Å². The Kier molecular flexibility index (Phi) is 4.81. The summed E-state index contributed by atoms with van der Waals surface area (Å²) in [4.78, 5) is 40.4. The Hall–Kier alpha value is -3.80. The molecule has 3 N–H and O–H groups in total. The van der Waals surface area contributed by atoms with E-state index in [-0.39, 0.29) is 36.0 Å². The Balaban J connectivity index is 1.94. The fourth-order valence-electron chi connectivity index (χ4n) is 2.48. The van der Waals surface area contributed by atoms with Crippen molar-refractivity contribution in [2.75, 3.05) is 12.0 Å². The van der Waals surface area contributed by atoms with Gasteiger partial charge in [0, 0.05) is 25.7 Å². The van der Waals surface area contributed by atoms with Gasteiger partial charge in [0.25, 0.3) is 11.2 Å². The summed E-state index contributed by atoms with van der Waals surface area (Å²) in [6.07, 6.45) is 1.41. The summed E-state index contributed by atoms with van der Waals surface area (Å²) >= 11 is 0. The Labute approximate surface area is 150 Å². The second-order valence-corrected chi connectivity index (χ2v) is 5.52. The normalized spacial score (nSPS) is 11.3. The Morgan fingerprint density at radius 1 is 1.37 bits per heavy atom. The number of nitrogens with one attached hydrogen (secondary N) is 2. The average Bonchev–Trinajstić information content (AvgIpc) is 3.00. The maximum Gasteiger partial charge on any atom is 0.329 e. The number of H-pyrrole nitrogens is 1. The first kappa shape index (κ1) is 18.0. The van der Waals surface area contributed by atoms with E-state index in [9.17, 15) is 24.8 Å². The van der Waals surface area contributed by atoms with Crippen LogP contribution in [0, 0.1) is 10.1 Å². The lowest BCUT2D eigenvalue weighted by Gasteiger charge is -2.05. The second-order valence-electron chi connectivity index (χ2n) is 5.52. The lowest BCUT2D eigenvalue weighted by molar-refractivity contribution is -0.384. The number of aliphatic hydroxyl groups is 1. The van der Waals surface area contributed by atoms with Gasteiger partial charge in [0.15, 0.2) is 11.2 Å². The molecule has 12 heteroatoms. The highest BCUT2D eigenvalue weighted by molar-refractivity contribution is 5.81. The summed E-state index contributed by atoms with van der Waals surface area (Å²) in [5, 5.41) is 23.9. The lowest BCUT2D eigenvalue weighted by Crippen LogP contribution is -2.29. The third-order valence-corrected chi connectivity index (χ3v) is 3.81. The molecule has 2 aromatic heterocycles. The van der Waals surface area contributed by atoms with E-state index in [4.69, 9.17) is 0 Å². The molecule has 0 radical (unpaired) electrons. The van der Waals surface area contributed by atoms with Gasteiger partial charge in [0.2, 0.25) is 5.95 Å². The number of anilines is 1. The molecule has 2 heterocycles. The largest absolute Gasteiger partial charge is 0.395 e. The van der Waals surface area contributed by atoms with E-state index in [0.717, 1.165) is 0 Å². The molecule has 0 atom stereocenters. The van der Waals surface area contributed by atoms with Crippen LogP contribution in [0.1, 0.15) is 5.56 Å². The topological polar surface area (TPSA) is 160 Å². The van der Waals surface area contributed by atoms with Crippen molar-refractivity contribution in [2.24, 2.45) is 12.1 Å². The molecule has 0 amide bonds. The Morgan fingerprint density at radius 3 is 2.70 bits per heavy atom. The molecular weight excluding hydrogens is 358 g/mol. The molecule has 0 unspecified atom stereocenters. The van der Waals surface area contributed by atoms with Gasteiger partial charge in [0.05, 0.1) is 17.7 Å². The molecule has 0 aliphatic carbocycles. The maximum atomic E-state index is 12.1. The molecule has 0 bridgehead atoms. The number of aryl methyl sites for hydroxylation is 1. The number of hydrogen-bond acceptors (Lipinski definition) is 8. The van der Waals surface area contributed by atoms with Gasteiger partial charge in [-0.05, 0) is 17.7 Å². The number of aromatic amines is 1. The fraction of sp³-hybridized carbons (Fsp3) is 0.200. The van der Waals surface area contributed by atoms with Crippen molar-refractivity contribution in [3.05, 3.63) is 60.8 Å². The summed E-state index contributed by atoms with van der Waals surface area (Å²) < 4.78 is 2.58. The summed E-state index contributed by atoms with van der Waals surface area (Å²) in [7, 11) is 1.46. The van der Waals surface area contributed by atoms with Crippen LogP contribution in [0.5, 0.6) is 0 Å². The minimum absolute atomic E-state index is 0.0370. The zero-order valence-corrected chi connectivity index (χ0v) is 14.1. The third-order valence-electron chi connectivity index (χ3n) is 3.81. The van der Waals surface area contributed by atoms with Crippen molar-refractivity contribution in [3.8, 4) is 0 Å². The third kappa shape index (κ3) is 3.46. The predicted octanol–water partition coefficient (Wildman–Crippen LogP) is -0.230. The first-order chi connectivity index (χ1) is 12.9. The summed E-state index contributed by atoms with van der Waals surface area (Å²) in [5.41, 5.74) is 2.25. The number of non-ortho nitro benzene ring substituents is 1. The fourth-order valence-corrected chi connectivity index (χ4v) is 2.48. The molecular formula is C15H15N7O5. The van der Waals surface area contributed by atoms with Crippen LogP contribution in [0.3, 0.4) is 0 Å². The molecule has 0 aliphatic heterocycles. The SMILES string of the molecule is Cn1c(=O)[nH]c(=O)c2c1nc(N/N=C/c1ccc([N+](=O)[O-])cc1)n2CCO. The minimum atomic E-state index is -0.624. The van der Waals surface area contributed by atoms with E-state index in [2.05, 4.69) is 20.5 Å². The molecule has 0 aliphatic rings. The van der Waals surface area contributed by atoms with Crippen LogP contribution in [0.2, 0.25) is 0 Å². The number of nitro groups is 1. The molecule has 1 aromatic carbocycles. The molecule has 12 nitrogen and oxygen atoms in total. The van der Waals surface area contributed by atoms with E-state index in [1.807, 2.05) is 0 Å². The van der Waals surface area contributed by atoms with E-state index in [1.165, 1.54) is 46.7 Å². The van der Waals surface area contributed by atoms with Gasteiger partial charge in [-0.1, -0.05) is 0 Å². The van der Waals surface area contributed by atoms with E-state index >= 15 is 0 Å². The standard InChI is InChI=1S/C15H15N7O5/c1-20-12-11(13(24)18-15(20)25)21(6-7-23)14(17-12)19-16-8-9-2-4-10(5-3-9)22(26)27/h2-5,8,23H,6-7H2,1H3,(H,17,19)(H,18,24,25)/b16-8+. The van der Waals surface area contributed by atoms with Crippen molar-refractivity contribution < 1.29 is 10.0 Å². The van der Waals surface area contributed by atoms with Gasteiger partial charge in [-0.25, -0.2) is 10.2 Å². The number of nitro benzene ring substituents is 1. The average molecular weight is 373 g/mol. The summed E-state index contributed by atoms with van der Waals surface area (Å²) in [6.45, 7) is -0.193. The molecule has 3 aromatic rings. The van der Waals surface area contributed by atoms with Gasteiger partial charge in [-0.15, -0.1) is 0 Å². The quantitative estimate of drug-likeness (QED) is 0.305. The Bertz CT molecular complexity index is 1140. The molecule has 3 rings (SSSR count). The number of imidazole rings is 1. The highest BCUT2D eigenvalue weighted by Crippen LogP contribution is 2.15. The van der Waals surface area contributed by atoms with Gasteiger partial charge >= 0.3 is 5.69 Å². The first-order valence-corrected chi connectivity index (χ1v) is 7.76. The number of nitrogens with zero attached hydrogens (tertiary/aromatic N) is 5. The molecule has 140 valence electrons. The number of aliphatic hydroxyl groups excluding tert-OH is 1. The highest BCUT2D eigenvalue weighted by Gasteiger charge is 2.16. The second kappa shape index (κ2) is 7.21. The van der Waals surface area contributed by atoms with Crippen LogP contribution in [0.15, 0.2) is 39.0 Å². The molecule has 0 saturated carbocycles. The van der Waals surface area contributed by atoms with Crippen molar-refractivity contribution in [3.63, 3.8) is 0 Å². The predicted molar refractivity (Wildman–Crippen MR) is 97.0 cm³/mol. The molecule has 27 heavy (non-hydrogen) atoms. The van der Waals surface area contributed by atoms with Crippen molar-refractivity contribution >= 4 is 29.0 Å². The van der Waals surface area contributed by atoms with Crippen LogP contribution in [0.25, 0.3) is 11.2 Å². The summed E-state index contributed by atoms with van der Waals surface area (Å²) in [6, 6.07) is 5.73. The van der Waals surface area contributed by atoms with Gasteiger partial charge in [0.1, 0.15) is 0 Å². The van der Waals surface area contributed by atoms with Crippen LogP contribution in [-0.2, 0) is 13.6 Å². The zero-order valence-electron chi connectivity index (χ0n) is 14.1. The minimum Gasteiger partial charge on any atom is -0.395 e. The van der Waals surface area contributed by atoms with Crippen LogP contribution in [0.4, 0.5) is 11.6 Å². The molecule has 0 saturated heterocycles. The maximum absolute atomic E-state index is 12.1. The highest BCUT2D eigenvalue weighted by atomic mass is 16.6. The summed E-state index contributed by atoms with van der Waals surface area (Å²) in [5.74, 6) is 0.156. The van der Waals surface area contributed by atoms with E-state index in [1.54, 1.807) is 0 Å². The van der Waals surface area contributed by atoms with Crippen molar-refractivity contribution in [1.82, 2.24) is 19.1 Å². The van der Waals surface area contributed by atoms with Gasteiger partial charge in [-0.3, -0.25) is 24.5 Å². The number of hydrogen-bond donors (Lipinski definition) is 3. The number of rotatable bonds is 6.